The lowest BCUT2D eigenvalue weighted by atomic mass is 10.0. The van der Waals surface area contributed by atoms with Crippen molar-refractivity contribution in [2.45, 2.75) is 44.7 Å². The van der Waals surface area contributed by atoms with Crippen LogP contribution in [0.15, 0.2) is 102 Å². The third kappa shape index (κ3) is 9.66. The SMILES string of the molecule is CCOc1ccccc1N(CC(=O)N(Cc1ccc(Cl)c(Cl)c1)C(Cc1ccccc1)C(=O)NCC(C)C)S(=O)(=O)c1ccc(Cl)cc1. The van der Waals surface area contributed by atoms with Crippen LogP contribution in [-0.4, -0.2) is 50.9 Å². The van der Waals surface area contributed by atoms with Crippen LogP contribution in [0.5, 0.6) is 5.75 Å². The van der Waals surface area contributed by atoms with E-state index in [-0.39, 0.29) is 52.8 Å². The van der Waals surface area contributed by atoms with Crippen LogP contribution >= 0.6 is 34.8 Å². The number of ether oxygens (including phenoxy) is 1. The number of hydrogen-bond acceptors (Lipinski definition) is 5. The van der Waals surface area contributed by atoms with Gasteiger partial charge in [-0.1, -0.05) is 97.2 Å². The first kappa shape index (κ1) is 37.1. The zero-order valence-electron chi connectivity index (χ0n) is 26.9. The Morgan fingerprint density at radius 3 is 2.15 bits per heavy atom. The monoisotopic (exact) mass is 729 g/mol. The zero-order chi connectivity index (χ0) is 34.8. The summed E-state index contributed by atoms with van der Waals surface area (Å²) in [7, 11) is -4.34. The van der Waals surface area contributed by atoms with Gasteiger partial charge >= 0.3 is 0 Å². The normalized spacial score (nSPS) is 12.0. The summed E-state index contributed by atoms with van der Waals surface area (Å²) in [5, 5.41) is 3.94. The van der Waals surface area contributed by atoms with Gasteiger partial charge < -0.3 is 15.0 Å². The first-order chi connectivity index (χ1) is 22.9. The fourth-order valence-electron chi connectivity index (χ4n) is 5.00. The first-order valence-corrected chi connectivity index (χ1v) is 18.0. The summed E-state index contributed by atoms with van der Waals surface area (Å²) < 4.78 is 35.4. The molecular formula is C36H38Cl3N3O5S. The van der Waals surface area contributed by atoms with Crippen molar-refractivity contribution in [3.8, 4) is 5.75 Å². The van der Waals surface area contributed by atoms with Crippen LogP contribution in [0.4, 0.5) is 5.69 Å². The smallest absolute Gasteiger partial charge is 0.264 e. The standard InChI is InChI=1S/C36H38Cl3N3O5S/c1-4-47-34-13-9-8-12-32(34)42(48(45,46)29-17-15-28(37)16-18-29)24-35(43)41(23-27-14-19-30(38)31(39)20-27)33(36(44)40-22-25(2)3)21-26-10-6-5-7-11-26/h5-20,25,33H,4,21-24H2,1-3H3,(H,40,44). The van der Waals surface area contributed by atoms with Crippen LogP contribution in [0.25, 0.3) is 0 Å². The summed E-state index contributed by atoms with van der Waals surface area (Å²) >= 11 is 18.6. The molecule has 1 N–H and O–H groups in total. The maximum atomic E-state index is 14.7. The number of sulfonamides is 1. The Kier molecular flexibility index (Phi) is 13.2. The van der Waals surface area contributed by atoms with E-state index in [0.29, 0.717) is 22.2 Å². The highest BCUT2D eigenvalue weighted by atomic mass is 35.5. The van der Waals surface area contributed by atoms with E-state index in [4.69, 9.17) is 39.5 Å². The molecule has 12 heteroatoms. The minimum Gasteiger partial charge on any atom is -0.492 e. The molecule has 0 aromatic heterocycles. The molecule has 4 rings (SSSR count). The number of halogens is 3. The van der Waals surface area contributed by atoms with Crippen molar-refractivity contribution in [3.63, 3.8) is 0 Å². The fourth-order valence-corrected chi connectivity index (χ4v) is 6.87. The van der Waals surface area contributed by atoms with Gasteiger partial charge in [-0.25, -0.2) is 8.42 Å². The van der Waals surface area contributed by atoms with E-state index >= 15 is 0 Å². The molecule has 4 aromatic carbocycles. The maximum absolute atomic E-state index is 14.7. The number of para-hydroxylation sites is 2. The second-order valence-electron chi connectivity index (χ2n) is 11.5. The van der Waals surface area contributed by atoms with Crippen molar-refractivity contribution in [1.82, 2.24) is 10.2 Å². The summed E-state index contributed by atoms with van der Waals surface area (Å²) in [6, 6.07) is 25.6. The Labute approximate surface area is 297 Å². The summed E-state index contributed by atoms with van der Waals surface area (Å²) in [6.45, 7) is 5.68. The van der Waals surface area contributed by atoms with Gasteiger partial charge in [-0.15, -0.1) is 0 Å². The minimum atomic E-state index is -4.34. The van der Waals surface area contributed by atoms with Gasteiger partial charge in [0.2, 0.25) is 11.8 Å². The number of nitrogens with zero attached hydrogens (tertiary/aromatic N) is 2. The molecule has 0 radical (unpaired) electrons. The van der Waals surface area contributed by atoms with Crippen LogP contribution in [0, 0.1) is 5.92 Å². The molecule has 0 bridgehead atoms. The van der Waals surface area contributed by atoms with Crippen molar-refractivity contribution >= 4 is 62.3 Å². The molecular weight excluding hydrogens is 693 g/mol. The molecule has 4 aromatic rings. The molecule has 8 nitrogen and oxygen atoms in total. The lowest BCUT2D eigenvalue weighted by molar-refractivity contribution is -0.140. The van der Waals surface area contributed by atoms with E-state index in [9.17, 15) is 18.0 Å². The van der Waals surface area contributed by atoms with E-state index < -0.39 is 28.5 Å². The molecule has 0 heterocycles. The summed E-state index contributed by atoms with van der Waals surface area (Å²) in [5.41, 5.74) is 1.59. The summed E-state index contributed by atoms with van der Waals surface area (Å²) in [4.78, 5) is 29.9. The van der Waals surface area contributed by atoms with Crippen LogP contribution in [0.2, 0.25) is 15.1 Å². The highest BCUT2D eigenvalue weighted by molar-refractivity contribution is 7.92. The van der Waals surface area contributed by atoms with Crippen molar-refractivity contribution in [1.29, 1.82) is 0 Å². The summed E-state index contributed by atoms with van der Waals surface area (Å²) in [5.74, 6) is -0.564. The second-order valence-corrected chi connectivity index (χ2v) is 14.6. The molecule has 1 unspecified atom stereocenters. The van der Waals surface area contributed by atoms with Crippen molar-refractivity contribution in [2.24, 2.45) is 5.92 Å². The van der Waals surface area contributed by atoms with Gasteiger partial charge in [-0.2, -0.15) is 0 Å². The second kappa shape index (κ2) is 17.1. The van der Waals surface area contributed by atoms with Crippen molar-refractivity contribution in [2.75, 3.05) is 24.0 Å². The average molecular weight is 731 g/mol. The van der Waals surface area contributed by atoms with Crippen LogP contribution in [-0.2, 0) is 32.6 Å². The molecule has 0 aliphatic carbocycles. The molecule has 0 fully saturated rings. The molecule has 0 aliphatic rings. The molecule has 0 saturated carbocycles. The Bertz CT molecular complexity index is 1810. The topological polar surface area (TPSA) is 96.0 Å². The van der Waals surface area contributed by atoms with Gasteiger partial charge in [0.05, 0.1) is 27.2 Å². The Morgan fingerprint density at radius 1 is 0.833 bits per heavy atom. The van der Waals surface area contributed by atoms with Gasteiger partial charge in [0, 0.05) is 24.5 Å². The van der Waals surface area contributed by atoms with Crippen molar-refractivity contribution in [3.05, 3.63) is 123 Å². The Balaban J connectivity index is 1.85. The third-order valence-electron chi connectivity index (χ3n) is 7.41. The minimum absolute atomic E-state index is 0.0513. The summed E-state index contributed by atoms with van der Waals surface area (Å²) in [6.07, 6.45) is 0.178. The van der Waals surface area contributed by atoms with Gasteiger partial charge in [0.25, 0.3) is 10.0 Å². The van der Waals surface area contributed by atoms with Crippen molar-refractivity contribution < 1.29 is 22.7 Å². The number of nitrogens with one attached hydrogen (secondary N) is 1. The Hall–Kier alpha value is -3.76. The predicted octanol–water partition coefficient (Wildman–Crippen LogP) is 7.65. The highest BCUT2D eigenvalue weighted by Gasteiger charge is 2.35. The van der Waals surface area contributed by atoms with E-state index in [1.807, 2.05) is 44.2 Å². The Morgan fingerprint density at radius 2 is 1.50 bits per heavy atom. The van der Waals surface area contributed by atoms with Crippen LogP contribution in [0.1, 0.15) is 31.9 Å². The van der Waals surface area contributed by atoms with Gasteiger partial charge in [-0.3, -0.25) is 13.9 Å². The van der Waals surface area contributed by atoms with Gasteiger partial charge in [0.15, 0.2) is 0 Å². The highest BCUT2D eigenvalue weighted by Crippen LogP contribution is 2.33. The molecule has 0 saturated heterocycles. The number of amides is 2. The fraction of sp³-hybridized carbons (Fsp3) is 0.278. The maximum Gasteiger partial charge on any atom is 0.264 e. The zero-order valence-corrected chi connectivity index (χ0v) is 30.0. The largest absolute Gasteiger partial charge is 0.492 e. The first-order valence-electron chi connectivity index (χ1n) is 15.5. The molecule has 0 spiro atoms. The molecule has 48 heavy (non-hydrogen) atoms. The number of hydrogen-bond donors (Lipinski definition) is 1. The van der Waals surface area contributed by atoms with Crippen LogP contribution < -0.4 is 14.4 Å². The van der Waals surface area contributed by atoms with Gasteiger partial charge in [0.1, 0.15) is 18.3 Å². The van der Waals surface area contributed by atoms with E-state index in [1.165, 1.54) is 29.2 Å². The number of carbonyl (C=O) groups excluding carboxylic acids is 2. The number of rotatable bonds is 15. The van der Waals surface area contributed by atoms with E-state index in [2.05, 4.69) is 5.32 Å². The van der Waals surface area contributed by atoms with E-state index in [0.717, 1.165) is 9.87 Å². The lowest BCUT2D eigenvalue weighted by Gasteiger charge is -2.34. The quantitative estimate of drug-likeness (QED) is 0.136. The molecule has 2 amide bonds. The predicted molar refractivity (Wildman–Crippen MR) is 192 cm³/mol. The van der Waals surface area contributed by atoms with Crippen LogP contribution in [0.3, 0.4) is 0 Å². The third-order valence-corrected chi connectivity index (χ3v) is 10.2. The molecule has 254 valence electrons. The molecule has 1 atom stereocenters. The lowest BCUT2D eigenvalue weighted by Crippen LogP contribution is -2.53. The molecule has 0 aliphatic heterocycles. The number of carbonyl (C=O) groups is 2. The number of benzene rings is 4. The van der Waals surface area contributed by atoms with Gasteiger partial charge in [-0.05, 0) is 72.5 Å². The number of anilines is 1. The average Bonchev–Trinajstić information content (AvgIpc) is 3.06. The van der Waals surface area contributed by atoms with E-state index in [1.54, 1.807) is 49.4 Å².